The van der Waals surface area contributed by atoms with E-state index in [4.69, 9.17) is 0 Å². The van der Waals surface area contributed by atoms with Crippen molar-refractivity contribution in [2.45, 2.75) is 0 Å². The molecule has 0 N–H and O–H groups in total. The first-order valence-corrected chi connectivity index (χ1v) is 22.0. The molecule has 0 saturated heterocycles. The number of aromatic nitrogens is 1. The van der Waals surface area contributed by atoms with E-state index in [0.29, 0.717) is 0 Å². The third-order valence-corrected chi connectivity index (χ3v) is 12.8. The lowest BCUT2D eigenvalue weighted by molar-refractivity contribution is 1.18. The molecule has 0 aliphatic rings. The highest BCUT2D eigenvalue weighted by molar-refractivity contribution is 6.14. The van der Waals surface area contributed by atoms with Crippen molar-refractivity contribution in [2.24, 2.45) is 0 Å². The number of fused-ring (bicyclic) bond motifs is 6. The fraction of sp³-hybridized carbons (Fsp3) is 0. The molecular formula is C62H42N2. The van der Waals surface area contributed by atoms with Gasteiger partial charge in [0, 0.05) is 33.4 Å². The minimum absolute atomic E-state index is 1.08. The van der Waals surface area contributed by atoms with Crippen molar-refractivity contribution in [2.75, 3.05) is 4.90 Å². The Labute approximate surface area is 373 Å². The van der Waals surface area contributed by atoms with Crippen LogP contribution < -0.4 is 4.90 Å². The van der Waals surface area contributed by atoms with E-state index in [9.17, 15) is 0 Å². The van der Waals surface area contributed by atoms with E-state index in [1.165, 1.54) is 76.7 Å². The third-order valence-electron chi connectivity index (χ3n) is 12.8. The molecule has 2 heteroatoms. The predicted molar refractivity (Wildman–Crippen MR) is 272 cm³/mol. The smallest absolute Gasteiger partial charge is 0.0541 e. The van der Waals surface area contributed by atoms with Gasteiger partial charge in [0.1, 0.15) is 0 Å². The number of benzene rings is 11. The summed E-state index contributed by atoms with van der Waals surface area (Å²) in [5.74, 6) is 0. The van der Waals surface area contributed by atoms with Crippen molar-refractivity contribution in [3.05, 3.63) is 255 Å². The molecule has 11 aromatic carbocycles. The van der Waals surface area contributed by atoms with Crippen LogP contribution in [0.3, 0.4) is 0 Å². The summed E-state index contributed by atoms with van der Waals surface area (Å²) in [6.07, 6.45) is 0. The average molecular weight is 815 g/mol. The largest absolute Gasteiger partial charge is 0.310 e. The number of para-hydroxylation sites is 4. The summed E-state index contributed by atoms with van der Waals surface area (Å²) in [6.45, 7) is 0. The second-order valence-corrected chi connectivity index (χ2v) is 16.5. The lowest BCUT2D eigenvalue weighted by Gasteiger charge is -2.27. The molecule has 0 spiro atoms. The van der Waals surface area contributed by atoms with Crippen LogP contribution in [0.25, 0.3) is 93.5 Å². The van der Waals surface area contributed by atoms with Gasteiger partial charge in [0.15, 0.2) is 0 Å². The van der Waals surface area contributed by atoms with Crippen LogP contribution >= 0.6 is 0 Å². The fourth-order valence-corrected chi connectivity index (χ4v) is 9.80. The summed E-state index contributed by atoms with van der Waals surface area (Å²) < 4.78 is 2.44. The Bertz CT molecular complexity index is 3590. The van der Waals surface area contributed by atoms with Crippen molar-refractivity contribution < 1.29 is 0 Å². The van der Waals surface area contributed by atoms with E-state index < -0.39 is 0 Å². The minimum atomic E-state index is 1.08. The maximum absolute atomic E-state index is 2.44. The van der Waals surface area contributed by atoms with Gasteiger partial charge in [-0.3, -0.25) is 0 Å². The van der Waals surface area contributed by atoms with Crippen molar-refractivity contribution in [1.29, 1.82) is 0 Å². The molecule has 0 amide bonds. The SMILES string of the molecule is c1ccc(-c2ccc(-c3cc(N(c4ccccc4)c4ccc(-c5cc6ccccc6c6ccccc56)cc4)ccc3-c3ccccc3-n3c4ccccc4c4ccccc43)cc2)cc1. The first kappa shape index (κ1) is 37.3. The monoisotopic (exact) mass is 814 g/mol. The molecule has 2 nitrogen and oxygen atoms in total. The molecule has 64 heavy (non-hydrogen) atoms. The number of rotatable bonds is 8. The molecule has 0 bridgehead atoms. The third kappa shape index (κ3) is 6.44. The van der Waals surface area contributed by atoms with E-state index in [0.717, 1.165) is 33.9 Å². The van der Waals surface area contributed by atoms with E-state index in [1.54, 1.807) is 0 Å². The summed E-state index contributed by atoms with van der Waals surface area (Å²) in [7, 11) is 0. The predicted octanol–water partition coefficient (Wildman–Crippen LogP) is 17.2. The van der Waals surface area contributed by atoms with Crippen LogP contribution in [-0.2, 0) is 0 Å². The number of nitrogens with zero attached hydrogens (tertiary/aromatic N) is 2. The van der Waals surface area contributed by atoms with Crippen LogP contribution in [-0.4, -0.2) is 4.57 Å². The molecular weight excluding hydrogens is 773 g/mol. The Morgan fingerprint density at radius 2 is 0.734 bits per heavy atom. The summed E-state index contributed by atoms with van der Waals surface area (Å²) in [5.41, 5.74) is 16.3. The molecule has 12 aromatic rings. The summed E-state index contributed by atoms with van der Waals surface area (Å²) in [4.78, 5) is 2.38. The Morgan fingerprint density at radius 3 is 1.45 bits per heavy atom. The highest BCUT2D eigenvalue weighted by Gasteiger charge is 2.21. The van der Waals surface area contributed by atoms with Gasteiger partial charge in [-0.15, -0.1) is 0 Å². The van der Waals surface area contributed by atoms with Gasteiger partial charge in [0.05, 0.1) is 16.7 Å². The zero-order valence-electron chi connectivity index (χ0n) is 35.1. The lowest BCUT2D eigenvalue weighted by Crippen LogP contribution is -2.10. The van der Waals surface area contributed by atoms with Gasteiger partial charge in [0.2, 0.25) is 0 Å². The Kier molecular flexibility index (Phi) is 9.20. The molecule has 300 valence electrons. The number of hydrogen-bond donors (Lipinski definition) is 0. The van der Waals surface area contributed by atoms with Gasteiger partial charge in [-0.05, 0) is 121 Å². The molecule has 1 aromatic heterocycles. The first-order chi connectivity index (χ1) is 31.8. The Hall–Kier alpha value is -8.46. The molecule has 0 saturated carbocycles. The second-order valence-electron chi connectivity index (χ2n) is 16.5. The van der Waals surface area contributed by atoms with Crippen LogP contribution in [0.4, 0.5) is 17.1 Å². The van der Waals surface area contributed by atoms with Crippen molar-refractivity contribution in [3.8, 4) is 50.2 Å². The molecule has 0 aliphatic heterocycles. The van der Waals surface area contributed by atoms with Gasteiger partial charge in [-0.2, -0.15) is 0 Å². The molecule has 0 atom stereocenters. The zero-order chi connectivity index (χ0) is 42.4. The quantitative estimate of drug-likeness (QED) is 0.139. The topological polar surface area (TPSA) is 8.17 Å². The van der Waals surface area contributed by atoms with Gasteiger partial charge in [-0.1, -0.05) is 194 Å². The zero-order valence-corrected chi connectivity index (χ0v) is 35.1. The Balaban J connectivity index is 1.04. The van der Waals surface area contributed by atoms with Crippen molar-refractivity contribution >= 4 is 60.4 Å². The van der Waals surface area contributed by atoms with E-state index in [-0.39, 0.29) is 0 Å². The van der Waals surface area contributed by atoms with Crippen LogP contribution in [0.1, 0.15) is 0 Å². The minimum Gasteiger partial charge on any atom is -0.310 e. The summed E-state index contributed by atoms with van der Waals surface area (Å²) >= 11 is 0. The highest BCUT2D eigenvalue weighted by atomic mass is 15.1. The van der Waals surface area contributed by atoms with E-state index >= 15 is 0 Å². The molecule has 1 heterocycles. The van der Waals surface area contributed by atoms with Crippen LogP contribution in [0.15, 0.2) is 255 Å². The summed E-state index contributed by atoms with van der Waals surface area (Å²) in [5, 5.41) is 7.55. The van der Waals surface area contributed by atoms with Crippen LogP contribution in [0.2, 0.25) is 0 Å². The van der Waals surface area contributed by atoms with Crippen LogP contribution in [0.5, 0.6) is 0 Å². The molecule has 0 aliphatic carbocycles. The maximum atomic E-state index is 2.44. The molecule has 0 unspecified atom stereocenters. The highest BCUT2D eigenvalue weighted by Crippen LogP contribution is 2.45. The number of anilines is 3. The van der Waals surface area contributed by atoms with Crippen LogP contribution in [0, 0.1) is 0 Å². The summed E-state index contributed by atoms with van der Waals surface area (Å²) in [6, 6.07) is 92.7. The fourth-order valence-electron chi connectivity index (χ4n) is 9.80. The van der Waals surface area contributed by atoms with Gasteiger partial charge < -0.3 is 9.47 Å². The van der Waals surface area contributed by atoms with Crippen molar-refractivity contribution in [1.82, 2.24) is 4.57 Å². The Morgan fingerprint density at radius 1 is 0.250 bits per heavy atom. The normalized spacial score (nSPS) is 11.4. The lowest BCUT2D eigenvalue weighted by atomic mass is 9.91. The van der Waals surface area contributed by atoms with Crippen molar-refractivity contribution in [3.63, 3.8) is 0 Å². The van der Waals surface area contributed by atoms with Gasteiger partial charge >= 0.3 is 0 Å². The molecule has 12 rings (SSSR count). The average Bonchev–Trinajstić information content (AvgIpc) is 3.71. The standard InChI is InChI=1S/C62H42N2/c1-3-17-43(18-4-1)44-31-33-45(34-32-44)59-42-50(39-40-54(59)55-25-11-14-28-60(55)64-61-29-15-12-26-56(61)57-27-13-16-30-62(57)64)63(48-20-5-2-6-21-48)49-37-35-46(36-38-49)58-41-47-19-7-8-22-51(47)52-23-9-10-24-53(52)58/h1-42H. The maximum Gasteiger partial charge on any atom is 0.0541 e. The molecule has 0 radical (unpaired) electrons. The van der Waals surface area contributed by atoms with E-state index in [1.807, 2.05) is 0 Å². The second kappa shape index (κ2) is 15.8. The number of hydrogen-bond acceptors (Lipinski definition) is 1. The van der Waals surface area contributed by atoms with E-state index in [2.05, 4.69) is 264 Å². The first-order valence-electron chi connectivity index (χ1n) is 22.0. The van der Waals surface area contributed by atoms with Gasteiger partial charge in [0.25, 0.3) is 0 Å². The van der Waals surface area contributed by atoms with Gasteiger partial charge in [-0.25, -0.2) is 0 Å². The molecule has 0 fully saturated rings.